The van der Waals surface area contributed by atoms with E-state index in [9.17, 15) is 4.79 Å². The first kappa shape index (κ1) is 10.7. The van der Waals surface area contributed by atoms with E-state index in [0.29, 0.717) is 6.04 Å². The molecule has 4 heteroatoms. The van der Waals surface area contributed by atoms with E-state index in [0.717, 1.165) is 16.7 Å². The predicted molar refractivity (Wildman–Crippen MR) is 63.0 cm³/mol. The van der Waals surface area contributed by atoms with Crippen molar-refractivity contribution >= 4 is 21.8 Å². The van der Waals surface area contributed by atoms with Crippen LogP contribution < -0.4 is 0 Å². The Morgan fingerprint density at radius 3 is 2.87 bits per heavy atom. The SMILES string of the molecule is CCN(C)C(=O)c1cc(Br)cn1C1CC1. The van der Waals surface area contributed by atoms with Crippen molar-refractivity contribution in [1.82, 2.24) is 9.47 Å². The van der Waals surface area contributed by atoms with Crippen molar-refractivity contribution in [3.05, 3.63) is 22.4 Å². The average Bonchev–Trinajstić information content (AvgIpc) is 3.00. The summed E-state index contributed by atoms with van der Waals surface area (Å²) in [6, 6.07) is 2.45. The molecule has 0 N–H and O–H groups in total. The average molecular weight is 271 g/mol. The summed E-state index contributed by atoms with van der Waals surface area (Å²) in [5, 5.41) is 0. The minimum Gasteiger partial charge on any atom is -0.341 e. The molecular weight excluding hydrogens is 256 g/mol. The van der Waals surface area contributed by atoms with Crippen molar-refractivity contribution in [3.8, 4) is 0 Å². The van der Waals surface area contributed by atoms with Gasteiger partial charge in [-0.1, -0.05) is 0 Å². The van der Waals surface area contributed by atoms with Gasteiger partial charge in [-0.05, 0) is 41.8 Å². The normalized spacial score (nSPS) is 15.4. The summed E-state index contributed by atoms with van der Waals surface area (Å²) in [5.74, 6) is 0.107. The Bertz CT molecular complexity index is 382. The molecule has 1 saturated carbocycles. The molecule has 82 valence electrons. The molecule has 15 heavy (non-hydrogen) atoms. The van der Waals surface area contributed by atoms with E-state index < -0.39 is 0 Å². The van der Waals surface area contributed by atoms with Gasteiger partial charge in [0.15, 0.2) is 0 Å². The highest BCUT2D eigenvalue weighted by Crippen LogP contribution is 2.37. The lowest BCUT2D eigenvalue weighted by molar-refractivity contribution is 0.0791. The molecule has 0 aliphatic heterocycles. The zero-order valence-corrected chi connectivity index (χ0v) is 10.6. The maximum Gasteiger partial charge on any atom is 0.270 e. The second-order valence-corrected chi connectivity index (χ2v) is 4.92. The lowest BCUT2D eigenvalue weighted by atomic mass is 10.3. The minimum absolute atomic E-state index is 0.107. The Hall–Kier alpha value is -0.770. The number of carbonyl (C=O) groups excluding carboxylic acids is 1. The van der Waals surface area contributed by atoms with Gasteiger partial charge in [-0.2, -0.15) is 0 Å². The van der Waals surface area contributed by atoms with Crippen LogP contribution >= 0.6 is 15.9 Å². The summed E-state index contributed by atoms with van der Waals surface area (Å²) in [6.07, 6.45) is 4.39. The molecule has 1 amide bonds. The van der Waals surface area contributed by atoms with Crippen LogP contribution in [0.1, 0.15) is 36.3 Å². The van der Waals surface area contributed by atoms with Gasteiger partial charge in [0.05, 0.1) is 0 Å². The zero-order valence-electron chi connectivity index (χ0n) is 9.03. The third kappa shape index (κ3) is 2.09. The summed E-state index contributed by atoms with van der Waals surface area (Å²) in [6.45, 7) is 2.73. The van der Waals surface area contributed by atoms with E-state index in [-0.39, 0.29) is 5.91 Å². The predicted octanol–water partition coefficient (Wildman–Crippen LogP) is 2.68. The monoisotopic (exact) mass is 270 g/mol. The Morgan fingerprint density at radius 1 is 1.67 bits per heavy atom. The van der Waals surface area contributed by atoms with Crippen LogP contribution in [0.5, 0.6) is 0 Å². The zero-order chi connectivity index (χ0) is 11.0. The molecule has 1 fully saturated rings. The molecule has 0 bridgehead atoms. The summed E-state index contributed by atoms with van der Waals surface area (Å²) < 4.78 is 3.08. The number of aromatic nitrogens is 1. The van der Waals surface area contributed by atoms with Crippen LogP contribution in [0, 0.1) is 0 Å². The van der Waals surface area contributed by atoms with Gasteiger partial charge in [-0.15, -0.1) is 0 Å². The molecular formula is C11H15BrN2O. The van der Waals surface area contributed by atoms with E-state index in [4.69, 9.17) is 0 Å². The van der Waals surface area contributed by atoms with E-state index in [1.807, 2.05) is 26.2 Å². The van der Waals surface area contributed by atoms with Crippen molar-refractivity contribution in [1.29, 1.82) is 0 Å². The molecule has 1 aromatic heterocycles. The Morgan fingerprint density at radius 2 is 2.33 bits per heavy atom. The van der Waals surface area contributed by atoms with Gasteiger partial charge >= 0.3 is 0 Å². The maximum absolute atomic E-state index is 12.0. The summed E-state index contributed by atoms with van der Waals surface area (Å²) in [7, 11) is 1.83. The van der Waals surface area contributed by atoms with Gasteiger partial charge in [0.2, 0.25) is 0 Å². The molecule has 0 saturated heterocycles. The van der Waals surface area contributed by atoms with Crippen molar-refractivity contribution in [2.24, 2.45) is 0 Å². The second-order valence-electron chi connectivity index (χ2n) is 4.00. The number of amides is 1. The van der Waals surface area contributed by atoms with E-state index in [1.165, 1.54) is 12.8 Å². The van der Waals surface area contributed by atoms with Crippen LogP contribution in [-0.2, 0) is 0 Å². The number of halogens is 1. The highest BCUT2D eigenvalue weighted by molar-refractivity contribution is 9.10. The third-order valence-corrected chi connectivity index (χ3v) is 3.23. The molecule has 3 nitrogen and oxygen atoms in total. The Balaban J connectivity index is 2.29. The van der Waals surface area contributed by atoms with Crippen molar-refractivity contribution in [2.45, 2.75) is 25.8 Å². The van der Waals surface area contributed by atoms with Crippen LogP contribution in [0.25, 0.3) is 0 Å². The maximum atomic E-state index is 12.0. The highest BCUT2D eigenvalue weighted by atomic mass is 79.9. The molecule has 0 spiro atoms. The van der Waals surface area contributed by atoms with Gasteiger partial charge < -0.3 is 9.47 Å². The first-order valence-electron chi connectivity index (χ1n) is 5.26. The number of hydrogen-bond donors (Lipinski definition) is 0. The summed E-state index contributed by atoms with van der Waals surface area (Å²) in [4.78, 5) is 13.8. The quantitative estimate of drug-likeness (QED) is 0.829. The van der Waals surface area contributed by atoms with Gasteiger partial charge in [-0.25, -0.2) is 0 Å². The largest absolute Gasteiger partial charge is 0.341 e. The van der Waals surface area contributed by atoms with Gasteiger partial charge in [0.1, 0.15) is 5.69 Å². The van der Waals surface area contributed by atoms with Crippen LogP contribution in [-0.4, -0.2) is 29.0 Å². The van der Waals surface area contributed by atoms with E-state index in [2.05, 4.69) is 20.5 Å². The molecule has 1 aliphatic rings. The smallest absolute Gasteiger partial charge is 0.270 e. The topological polar surface area (TPSA) is 25.2 Å². The minimum atomic E-state index is 0.107. The van der Waals surface area contributed by atoms with E-state index in [1.54, 1.807) is 4.90 Å². The molecule has 0 aromatic carbocycles. The van der Waals surface area contributed by atoms with Crippen molar-refractivity contribution < 1.29 is 4.79 Å². The van der Waals surface area contributed by atoms with E-state index >= 15 is 0 Å². The van der Waals surface area contributed by atoms with Crippen molar-refractivity contribution in [2.75, 3.05) is 13.6 Å². The first-order chi connectivity index (χ1) is 7.13. The Labute approximate surface area is 98.2 Å². The number of hydrogen-bond acceptors (Lipinski definition) is 1. The van der Waals surface area contributed by atoms with Gasteiger partial charge in [-0.3, -0.25) is 4.79 Å². The first-order valence-corrected chi connectivity index (χ1v) is 6.05. The molecule has 0 unspecified atom stereocenters. The lowest BCUT2D eigenvalue weighted by Crippen LogP contribution is -2.28. The standard InChI is InChI=1S/C11H15BrN2O/c1-3-13(2)11(15)10-6-8(12)7-14(10)9-4-5-9/h6-7,9H,3-5H2,1-2H3. The number of nitrogens with zero attached hydrogens (tertiary/aromatic N) is 2. The second kappa shape index (κ2) is 4.00. The van der Waals surface area contributed by atoms with Gasteiger partial charge in [0, 0.05) is 30.3 Å². The highest BCUT2D eigenvalue weighted by Gasteiger charge is 2.28. The van der Waals surface area contributed by atoms with Crippen molar-refractivity contribution in [3.63, 3.8) is 0 Å². The molecule has 0 radical (unpaired) electrons. The van der Waals surface area contributed by atoms with Crippen LogP contribution in [0.15, 0.2) is 16.7 Å². The summed E-state index contributed by atoms with van der Waals surface area (Å²) in [5.41, 5.74) is 0.800. The van der Waals surface area contributed by atoms with Gasteiger partial charge in [0.25, 0.3) is 5.91 Å². The molecule has 1 aromatic rings. The summed E-state index contributed by atoms with van der Waals surface area (Å²) >= 11 is 3.43. The fourth-order valence-electron chi connectivity index (χ4n) is 1.61. The van der Waals surface area contributed by atoms with Crippen LogP contribution in [0.3, 0.4) is 0 Å². The Kier molecular flexibility index (Phi) is 2.87. The molecule has 0 atom stereocenters. The lowest BCUT2D eigenvalue weighted by Gasteiger charge is -2.15. The fourth-order valence-corrected chi connectivity index (χ4v) is 2.05. The molecule has 1 aliphatic carbocycles. The van der Waals surface area contributed by atoms with Crippen LogP contribution in [0.4, 0.5) is 0 Å². The number of rotatable bonds is 3. The third-order valence-electron chi connectivity index (χ3n) is 2.80. The molecule has 2 rings (SSSR count). The fraction of sp³-hybridized carbons (Fsp3) is 0.545. The molecule has 1 heterocycles. The number of carbonyl (C=O) groups is 1. The van der Waals surface area contributed by atoms with Crippen LogP contribution in [0.2, 0.25) is 0 Å².